The summed E-state index contributed by atoms with van der Waals surface area (Å²) in [7, 11) is 0. The minimum absolute atomic E-state index is 0.0919. The van der Waals surface area contributed by atoms with Crippen molar-refractivity contribution in [1.29, 1.82) is 0 Å². The maximum atomic E-state index is 13.6. The summed E-state index contributed by atoms with van der Waals surface area (Å²) >= 11 is 6.26. The molecule has 6 rings (SSSR count). The molecule has 0 radical (unpaired) electrons. The molecule has 0 fully saturated rings. The first-order chi connectivity index (χ1) is 17.8. The van der Waals surface area contributed by atoms with E-state index < -0.39 is 0 Å². The number of imidazole rings is 1. The number of pyridine rings is 1. The summed E-state index contributed by atoms with van der Waals surface area (Å²) in [6.07, 6.45) is 3.55. The number of hydrogen-bond acceptors (Lipinski definition) is 7. The lowest BCUT2D eigenvalue weighted by Gasteiger charge is -2.16. The lowest BCUT2D eigenvalue weighted by molar-refractivity contribution is 0.0979. The summed E-state index contributed by atoms with van der Waals surface area (Å²) in [5.74, 6) is 0.0814. The number of alkyl halides is 1. The third-order valence-corrected chi connectivity index (χ3v) is 6.96. The molecule has 1 unspecified atom stereocenters. The molecule has 1 aliphatic heterocycles. The van der Waals surface area contributed by atoms with Crippen molar-refractivity contribution < 1.29 is 24.2 Å². The SMILES string of the molecule is Cc1nc2c3c(cc(O)c2o1)N(C(=O)c1cn2cc(CC(=O)c4ccc(O)cc4)ccc2n1)CC3CCl. The topological polar surface area (TPSA) is 121 Å². The fourth-order valence-corrected chi connectivity index (χ4v) is 5.10. The molecule has 1 amide bonds. The Hall–Kier alpha value is -4.37. The number of halogens is 1. The summed E-state index contributed by atoms with van der Waals surface area (Å²) in [6.45, 7) is 2.02. The van der Waals surface area contributed by atoms with Crippen molar-refractivity contribution in [2.75, 3.05) is 17.3 Å². The maximum absolute atomic E-state index is 13.6. The number of ketones is 1. The predicted molar refractivity (Wildman–Crippen MR) is 137 cm³/mol. The van der Waals surface area contributed by atoms with Crippen LogP contribution in [0, 0.1) is 6.92 Å². The number of anilines is 1. The number of fused-ring (bicyclic) bond motifs is 4. The summed E-state index contributed by atoms with van der Waals surface area (Å²) < 4.78 is 7.26. The number of aromatic hydroxyl groups is 2. The summed E-state index contributed by atoms with van der Waals surface area (Å²) in [5.41, 5.74) is 4.12. The van der Waals surface area contributed by atoms with Gasteiger partial charge in [0, 0.05) is 61.3 Å². The van der Waals surface area contributed by atoms with Crippen molar-refractivity contribution in [3.63, 3.8) is 0 Å². The highest BCUT2D eigenvalue weighted by Gasteiger charge is 2.37. The van der Waals surface area contributed by atoms with Gasteiger partial charge in [-0.25, -0.2) is 9.97 Å². The molecule has 10 heteroatoms. The molecular formula is C27H21ClN4O5. The molecule has 4 heterocycles. The van der Waals surface area contributed by atoms with Gasteiger partial charge in [0.2, 0.25) is 0 Å². The van der Waals surface area contributed by atoms with Crippen LogP contribution in [0.3, 0.4) is 0 Å². The Balaban J connectivity index is 1.31. The van der Waals surface area contributed by atoms with Gasteiger partial charge < -0.3 is 23.9 Å². The van der Waals surface area contributed by atoms with Crippen LogP contribution in [0.4, 0.5) is 5.69 Å². The number of nitrogens with zero attached hydrogens (tertiary/aromatic N) is 4. The lowest BCUT2D eigenvalue weighted by Crippen LogP contribution is -2.30. The Bertz CT molecular complexity index is 1710. The molecule has 0 spiro atoms. The normalized spacial score (nSPS) is 15.0. The van der Waals surface area contributed by atoms with Crippen LogP contribution in [0.1, 0.15) is 43.8 Å². The van der Waals surface area contributed by atoms with Crippen LogP contribution >= 0.6 is 11.6 Å². The lowest BCUT2D eigenvalue weighted by atomic mass is 10.0. The van der Waals surface area contributed by atoms with Gasteiger partial charge in [-0.05, 0) is 35.9 Å². The van der Waals surface area contributed by atoms with Crippen LogP contribution in [0.5, 0.6) is 11.5 Å². The van der Waals surface area contributed by atoms with E-state index in [1.807, 2.05) is 0 Å². The van der Waals surface area contributed by atoms with Gasteiger partial charge in [0.05, 0.1) is 5.69 Å². The molecule has 0 aliphatic carbocycles. The number of amides is 1. The van der Waals surface area contributed by atoms with E-state index in [1.54, 1.807) is 52.9 Å². The molecule has 0 bridgehead atoms. The second-order valence-electron chi connectivity index (χ2n) is 9.08. The zero-order chi connectivity index (χ0) is 25.8. The van der Waals surface area contributed by atoms with Crippen molar-refractivity contribution in [3.8, 4) is 11.5 Å². The smallest absolute Gasteiger partial charge is 0.278 e. The van der Waals surface area contributed by atoms with Crippen LogP contribution in [-0.2, 0) is 6.42 Å². The highest BCUT2D eigenvalue weighted by molar-refractivity contribution is 6.19. The van der Waals surface area contributed by atoms with E-state index in [0.29, 0.717) is 34.9 Å². The monoisotopic (exact) mass is 516 g/mol. The van der Waals surface area contributed by atoms with E-state index in [2.05, 4.69) is 9.97 Å². The zero-order valence-electron chi connectivity index (χ0n) is 19.7. The van der Waals surface area contributed by atoms with Crippen molar-refractivity contribution in [3.05, 3.63) is 83.1 Å². The van der Waals surface area contributed by atoms with Gasteiger partial charge in [-0.1, -0.05) is 6.07 Å². The van der Waals surface area contributed by atoms with Crippen LogP contribution in [-0.4, -0.2) is 48.7 Å². The molecule has 5 aromatic rings. The minimum atomic E-state index is -0.335. The molecule has 2 aromatic carbocycles. The van der Waals surface area contributed by atoms with E-state index in [9.17, 15) is 19.8 Å². The van der Waals surface area contributed by atoms with Gasteiger partial charge in [0.25, 0.3) is 5.91 Å². The average molecular weight is 517 g/mol. The van der Waals surface area contributed by atoms with Crippen molar-refractivity contribution in [1.82, 2.24) is 14.4 Å². The Labute approximate surface area is 215 Å². The van der Waals surface area contributed by atoms with E-state index in [-0.39, 0.29) is 52.7 Å². The fourth-order valence-electron chi connectivity index (χ4n) is 4.85. The number of rotatable bonds is 5. The Morgan fingerprint density at radius 2 is 1.89 bits per heavy atom. The molecule has 186 valence electrons. The second-order valence-corrected chi connectivity index (χ2v) is 9.39. The largest absolute Gasteiger partial charge is 0.508 e. The number of benzene rings is 2. The molecule has 1 atom stereocenters. The number of phenols is 2. The Morgan fingerprint density at radius 3 is 2.65 bits per heavy atom. The van der Waals surface area contributed by atoms with Gasteiger partial charge in [0.1, 0.15) is 22.6 Å². The number of aromatic nitrogens is 3. The first kappa shape index (κ1) is 23.1. The molecule has 37 heavy (non-hydrogen) atoms. The van der Waals surface area contributed by atoms with Crippen LogP contribution in [0.25, 0.3) is 16.7 Å². The summed E-state index contributed by atoms with van der Waals surface area (Å²) in [6, 6.07) is 11.2. The van der Waals surface area contributed by atoms with E-state index >= 15 is 0 Å². The Morgan fingerprint density at radius 1 is 1.11 bits per heavy atom. The summed E-state index contributed by atoms with van der Waals surface area (Å²) in [4.78, 5) is 36.7. The van der Waals surface area contributed by atoms with Crippen molar-refractivity contribution in [2.24, 2.45) is 0 Å². The first-order valence-electron chi connectivity index (χ1n) is 11.6. The minimum Gasteiger partial charge on any atom is -0.508 e. The van der Waals surface area contributed by atoms with Gasteiger partial charge in [-0.15, -0.1) is 11.6 Å². The number of hydrogen-bond donors (Lipinski definition) is 2. The van der Waals surface area contributed by atoms with Gasteiger partial charge >= 0.3 is 0 Å². The second kappa shape index (κ2) is 8.63. The van der Waals surface area contributed by atoms with Crippen molar-refractivity contribution in [2.45, 2.75) is 19.3 Å². The zero-order valence-corrected chi connectivity index (χ0v) is 20.4. The van der Waals surface area contributed by atoms with Crippen molar-refractivity contribution >= 4 is 45.7 Å². The highest BCUT2D eigenvalue weighted by Crippen LogP contribution is 2.45. The van der Waals surface area contributed by atoms with Gasteiger partial charge in [0.15, 0.2) is 23.0 Å². The number of oxazole rings is 1. The number of phenolic OH excluding ortho intramolecular Hbond substituents is 2. The first-order valence-corrected chi connectivity index (χ1v) is 12.2. The number of Topliss-reactive ketones (excluding diaryl/α,β-unsaturated/α-hetero) is 1. The van der Waals surface area contributed by atoms with Gasteiger partial charge in [-0.2, -0.15) is 0 Å². The molecule has 2 N–H and O–H groups in total. The van der Waals surface area contributed by atoms with Crippen LogP contribution in [0.2, 0.25) is 0 Å². The fraction of sp³-hybridized carbons (Fsp3) is 0.185. The standard InChI is InChI=1S/C27H21ClN4O5/c1-14-29-25-24-17(10-28)12-32(20(24)9-22(35)26(25)37-14)27(36)19-13-31-11-15(2-7-23(31)30-19)8-21(34)16-3-5-18(33)6-4-16/h2-7,9,11,13,17,33,35H,8,10,12H2,1H3. The van der Waals surface area contributed by atoms with E-state index in [1.165, 1.54) is 18.2 Å². The van der Waals surface area contributed by atoms with E-state index in [0.717, 1.165) is 11.1 Å². The highest BCUT2D eigenvalue weighted by atomic mass is 35.5. The number of aryl methyl sites for hydroxylation is 1. The van der Waals surface area contributed by atoms with Gasteiger partial charge in [-0.3, -0.25) is 9.59 Å². The predicted octanol–water partition coefficient (Wildman–Crippen LogP) is 4.60. The molecule has 1 aliphatic rings. The van der Waals surface area contributed by atoms with Crippen LogP contribution in [0.15, 0.2) is 59.3 Å². The quantitative estimate of drug-likeness (QED) is 0.258. The maximum Gasteiger partial charge on any atom is 0.278 e. The number of carbonyl (C=O) groups is 2. The molecule has 3 aromatic heterocycles. The molecule has 0 saturated carbocycles. The van der Waals surface area contributed by atoms with E-state index in [4.69, 9.17) is 16.0 Å². The average Bonchev–Trinajstić information content (AvgIpc) is 3.58. The molecule has 9 nitrogen and oxygen atoms in total. The number of carbonyl (C=O) groups excluding carboxylic acids is 2. The van der Waals surface area contributed by atoms with Crippen LogP contribution < -0.4 is 4.90 Å². The third kappa shape index (κ3) is 3.88. The Kier molecular flexibility index (Phi) is 5.38. The molecular weight excluding hydrogens is 496 g/mol. The molecule has 0 saturated heterocycles. The third-order valence-electron chi connectivity index (χ3n) is 6.59. The summed E-state index contributed by atoms with van der Waals surface area (Å²) in [5, 5.41) is 20.0.